The van der Waals surface area contributed by atoms with Gasteiger partial charge in [0.25, 0.3) is 0 Å². The van der Waals surface area contributed by atoms with E-state index in [2.05, 4.69) is 31.7 Å². The van der Waals surface area contributed by atoms with Crippen molar-refractivity contribution in [2.24, 2.45) is 7.05 Å². The summed E-state index contributed by atoms with van der Waals surface area (Å²) in [6.07, 6.45) is 1.57. The third kappa shape index (κ3) is 2.73. The molecular formula is C15H21FN2OS. The van der Waals surface area contributed by atoms with Gasteiger partial charge >= 0.3 is 0 Å². The molecule has 1 aromatic heterocycles. The van der Waals surface area contributed by atoms with Crippen LogP contribution in [-0.4, -0.2) is 26.1 Å². The fourth-order valence-corrected chi connectivity index (χ4v) is 3.23. The number of halogens is 1. The summed E-state index contributed by atoms with van der Waals surface area (Å²) in [6, 6.07) is 3.27. The Labute approximate surface area is 119 Å². The van der Waals surface area contributed by atoms with Gasteiger partial charge in [-0.1, -0.05) is 26.8 Å². The molecule has 20 heavy (non-hydrogen) atoms. The van der Waals surface area contributed by atoms with Crippen molar-refractivity contribution in [3.8, 4) is 0 Å². The first-order valence-electron chi connectivity index (χ1n) is 6.45. The Hall–Kier alpha value is -1.36. The topological polar surface area (TPSA) is 34.9 Å². The monoisotopic (exact) mass is 296 g/mol. The van der Waals surface area contributed by atoms with Gasteiger partial charge in [0.1, 0.15) is 5.82 Å². The van der Waals surface area contributed by atoms with Crippen LogP contribution in [0.3, 0.4) is 0 Å². The molecule has 0 saturated heterocycles. The molecule has 2 aromatic rings. The summed E-state index contributed by atoms with van der Waals surface area (Å²) in [7, 11) is -0.470. The van der Waals surface area contributed by atoms with Crippen molar-refractivity contribution in [2.45, 2.75) is 31.9 Å². The summed E-state index contributed by atoms with van der Waals surface area (Å²) in [5.41, 5.74) is 2.21. The molecule has 0 amide bonds. The lowest BCUT2D eigenvalue weighted by molar-refractivity contribution is 0.586. The molecule has 1 unspecified atom stereocenters. The van der Waals surface area contributed by atoms with Crippen molar-refractivity contribution in [1.82, 2.24) is 9.78 Å². The third-order valence-corrected chi connectivity index (χ3v) is 4.14. The van der Waals surface area contributed by atoms with Gasteiger partial charge in [0.05, 0.1) is 22.3 Å². The van der Waals surface area contributed by atoms with E-state index in [0.29, 0.717) is 11.1 Å². The summed E-state index contributed by atoms with van der Waals surface area (Å²) in [5, 5.41) is 4.84. The van der Waals surface area contributed by atoms with Crippen LogP contribution in [-0.2, 0) is 27.7 Å². The first-order chi connectivity index (χ1) is 9.00. The van der Waals surface area contributed by atoms with Gasteiger partial charge in [-0.25, -0.2) is 4.39 Å². The molecule has 110 valence electrons. The molecule has 0 aliphatic carbocycles. The molecule has 0 aliphatic heterocycles. The van der Waals surface area contributed by atoms with Crippen LogP contribution in [0.25, 0.3) is 10.9 Å². The van der Waals surface area contributed by atoms with Crippen LogP contribution in [0.1, 0.15) is 32.0 Å². The van der Waals surface area contributed by atoms with Crippen molar-refractivity contribution in [1.29, 1.82) is 0 Å². The van der Waals surface area contributed by atoms with Gasteiger partial charge in [0, 0.05) is 13.3 Å². The van der Waals surface area contributed by atoms with E-state index < -0.39 is 9.52 Å². The van der Waals surface area contributed by atoms with Crippen LogP contribution >= 0.6 is 0 Å². The average Bonchev–Trinajstić information content (AvgIpc) is 2.53. The highest BCUT2D eigenvalue weighted by Crippen LogP contribution is 2.33. The molecule has 1 heterocycles. The van der Waals surface area contributed by atoms with E-state index in [-0.39, 0.29) is 17.0 Å². The average molecular weight is 296 g/mol. The first kappa shape index (κ1) is 15.0. The normalized spacial score (nSPS) is 15.5. The van der Waals surface area contributed by atoms with Crippen molar-refractivity contribution in [2.75, 3.05) is 6.26 Å². The van der Waals surface area contributed by atoms with E-state index in [4.69, 9.17) is 0 Å². The summed E-state index contributed by atoms with van der Waals surface area (Å²) in [5.74, 6) is 3.51. The van der Waals surface area contributed by atoms with Crippen LogP contribution in [0.5, 0.6) is 0 Å². The third-order valence-electron chi connectivity index (χ3n) is 3.26. The zero-order valence-corrected chi connectivity index (χ0v) is 13.5. The summed E-state index contributed by atoms with van der Waals surface area (Å²) in [6.45, 7) is 6.24. The molecule has 0 saturated carbocycles. The lowest BCUT2D eigenvalue weighted by Crippen LogP contribution is -2.13. The van der Waals surface area contributed by atoms with E-state index in [1.54, 1.807) is 24.1 Å². The predicted molar refractivity (Wildman–Crippen MR) is 84.3 cm³/mol. The van der Waals surface area contributed by atoms with Gasteiger partial charge in [-0.05, 0) is 32.4 Å². The van der Waals surface area contributed by atoms with Gasteiger partial charge in [-0.2, -0.15) is 5.10 Å². The van der Waals surface area contributed by atoms with Crippen molar-refractivity contribution in [3.05, 3.63) is 29.2 Å². The van der Waals surface area contributed by atoms with Crippen LogP contribution < -0.4 is 0 Å². The maximum atomic E-state index is 14.2. The Morgan fingerprint density at radius 1 is 1.40 bits per heavy atom. The maximum Gasteiger partial charge on any atom is 0.134 e. The fourth-order valence-electron chi connectivity index (χ4n) is 2.45. The second-order valence-corrected chi connectivity index (χ2v) is 9.12. The minimum Gasteiger partial charge on any atom is -0.268 e. The number of hydrogen-bond donors (Lipinski definition) is 0. The van der Waals surface area contributed by atoms with Gasteiger partial charge in [-0.15, -0.1) is 0 Å². The van der Waals surface area contributed by atoms with Gasteiger partial charge in [0.2, 0.25) is 0 Å². The molecule has 0 spiro atoms. The number of fused-ring (bicyclic) bond motifs is 1. The molecule has 1 aromatic carbocycles. The zero-order chi connectivity index (χ0) is 15.3. The molecule has 2 rings (SSSR count). The van der Waals surface area contributed by atoms with Gasteiger partial charge < -0.3 is 0 Å². The lowest BCUT2D eigenvalue weighted by Gasteiger charge is -2.20. The van der Waals surface area contributed by atoms with E-state index in [0.717, 1.165) is 11.1 Å². The largest absolute Gasteiger partial charge is 0.268 e. The Morgan fingerprint density at radius 2 is 2.00 bits per heavy atom. The summed E-state index contributed by atoms with van der Waals surface area (Å²) in [4.78, 5) is 0. The highest BCUT2D eigenvalue weighted by molar-refractivity contribution is 7.98. The molecular weight excluding hydrogens is 275 g/mol. The quantitative estimate of drug-likeness (QED) is 0.799. The molecule has 1 atom stereocenters. The molecule has 0 N–H and O–H groups in total. The fraction of sp³-hybridized carbons (Fsp3) is 0.467. The van der Waals surface area contributed by atoms with E-state index >= 15 is 0 Å². The molecule has 0 radical (unpaired) electrons. The maximum absolute atomic E-state index is 14.2. The second-order valence-electron chi connectivity index (χ2n) is 6.47. The summed E-state index contributed by atoms with van der Waals surface area (Å²) < 4.78 is 27.8. The van der Waals surface area contributed by atoms with Crippen molar-refractivity contribution in [3.63, 3.8) is 0 Å². The lowest BCUT2D eigenvalue weighted by atomic mass is 9.85. The minimum absolute atomic E-state index is 0.116. The number of benzene rings is 1. The Kier molecular flexibility index (Phi) is 3.45. The van der Waals surface area contributed by atoms with Crippen LogP contribution in [0.2, 0.25) is 0 Å². The number of aromatic nitrogens is 2. The summed E-state index contributed by atoms with van der Waals surface area (Å²) >= 11 is 0. The van der Waals surface area contributed by atoms with E-state index in [1.807, 2.05) is 0 Å². The Bertz CT molecular complexity index is 767. The van der Waals surface area contributed by atoms with Crippen LogP contribution in [0, 0.1) is 5.82 Å². The minimum atomic E-state index is -2.26. The van der Waals surface area contributed by atoms with Crippen molar-refractivity contribution >= 4 is 26.3 Å². The standard InChI is InChI=1S/C15H21FN2OS/c1-15(2,3)10-7-8-11(16)13-12(9-20(5,6)19)17-18(4)14(10)13/h7-8H,5,9H2,1-4,6H3. The van der Waals surface area contributed by atoms with Gasteiger partial charge in [0.15, 0.2) is 0 Å². The molecule has 0 bridgehead atoms. The van der Waals surface area contributed by atoms with Crippen LogP contribution in [0.15, 0.2) is 12.1 Å². The Balaban J connectivity index is 2.83. The number of aryl methyl sites for hydroxylation is 1. The van der Waals surface area contributed by atoms with E-state index in [9.17, 15) is 8.60 Å². The number of hydrogen-bond acceptors (Lipinski definition) is 2. The molecule has 0 aliphatic rings. The van der Waals surface area contributed by atoms with E-state index in [1.165, 1.54) is 6.07 Å². The first-order valence-corrected chi connectivity index (χ1v) is 8.75. The van der Waals surface area contributed by atoms with Gasteiger partial charge in [-0.3, -0.25) is 8.89 Å². The highest BCUT2D eigenvalue weighted by Gasteiger charge is 2.23. The zero-order valence-electron chi connectivity index (χ0n) is 12.7. The predicted octanol–water partition coefficient (Wildman–Crippen LogP) is 2.86. The Morgan fingerprint density at radius 3 is 2.50 bits per heavy atom. The van der Waals surface area contributed by atoms with Crippen LogP contribution in [0.4, 0.5) is 4.39 Å². The highest BCUT2D eigenvalue weighted by atomic mass is 32.2. The molecule has 3 nitrogen and oxygen atoms in total. The number of nitrogens with zero attached hydrogens (tertiary/aromatic N) is 2. The molecule has 5 heteroatoms. The number of rotatable bonds is 2. The second kappa shape index (κ2) is 4.58. The SMILES string of the molecule is C=S(C)(=O)Cc1nn(C)c2c(C(C)(C)C)ccc(F)c12. The molecule has 0 fully saturated rings. The smallest absolute Gasteiger partial charge is 0.134 e. The van der Waals surface area contributed by atoms with Crippen molar-refractivity contribution < 1.29 is 8.60 Å².